The average Bonchev–Trinajstić information content (AvgIpc) is 2.18. The van der Waals surface area contributed by atoms with Gasteiger partial charge in [0.25, 0.3) is 10.3 Å². The van der Waals surface area contributed by atoms with E-state index in [1.807, 2.05) is 30.3 Å². The van der Waals surface area contributed by atoms with Crippen molar-refractivity contribution in [3.05, 3.63) is 35.9 Å². The van der Waals surface area contributed by atoms with E-state index in [9.17, 15) is 0 Å². The number of nitrogens with one attached hydrogen (secondary N) is 1. The van der Waals surface area contributed by atoms with Crippen LogP contribution in [0.15, 0.2) is 30.3 Å². The molecule has 0 fully saturated rings. The second-order valence-corrected chi connectivity index (χ2v) is 3.61. The number of nitrogens with two attached hydrogens (primary N) is 1. The summed E-state index contributed by atoms with van der Waals surface area (Å²) in [4.78, 5) is 0. The summed E-state index contributed by atoms with van der Waals surface area (Å²) < 4.78 is 0. The molecule has 0 saturated heterocycles. The van der Waals surface area contributed by atoms with E-state index in [1.165, 1.54) is 5.56 Å². The van der Waals surface area contributed by atoms with Crippen molar-refractivity contribution in [2.24, 2.45) is 5.73 Å². The second-order valence-electron chi connectivity index (χ2n) is 2.81. The summed E-state index contributed by atoms with van der Waals surface area (Å²) >= 11 is 8.33. The van der Waals surface area contributed by atoms with Crippen LogP contribution in [0.1, 0.15) is 5.56 Å². The van der Waals surface area contributed by atoms with Crippen molar-refractivity contribution in [2.45, 2.75) is 6.42 Å². The monoisotopic (exact) mass is 298 g/mol. The number of thiocarbonyl (C=S) groups is 2. The Morgan fingerprint density at radius 1 is 1.18 bits per heavy atom. The van der Waals surface area contributed by atoms with Gasteiger partial charge in [0.2, 0.25) is 0 Å². The Hall–Kier alpha value is 0.236. The molecule has 7 heteroatoms. The Kier molecular flexibility index (Phi) is 14.6. The third-order valence-corrected chi connectivity index (χ3v) is 1.68. The van der Waals surface area contributed by atoms with Crippen LogP contribution in [0.4, 0.5) is 0 Å². The van der Waals surface area contributed by atoms with Crippen LogP contribution >= 0.6 is 24.4 Å². The van der Waals surface area contributed by atoms with Gasteiger partial charge in [0, 0.05) is 6.54 Å². The molecule has 1 aromatic rings. The fourth-order valence-corrected chi connectivity index (χ4v) is 1.06. The van der Waals surface area contributed by atoms with Gasteiger partial charge in [0.1, 0.15) is 0 Å². The van der Waals surface area contributed by atoms with E-state index in [2.05, 4.69) is 35.5 Å². The predicted molar refractivity (Wildman–Crippen MR) is 79.9 cm³/mol. The number of aliphatic hydroxyl groups is 2. The summed E-state index contributed by atoms with van der Waals surface area (Å²) in [5.41, 5.74) is 5.64. The molecular weight excluding hydrogens is 283 g/mol. The van der Waals surface area contributed by atoms with Gasteiger partial charge in [-0.15, -0.1) is 0 Å². The maximum absolute atomic E-state index is 8.65. The van der Waals surface area contributed by atoms with Crippen LogP contribution in [0.25, 0.3) is 0 Å². The van der Waals surface area contributed by atoms with Crippen LogP contribution in [0.2, 0.25) is 0 Å². The molecule has 0 aromatic heterocycles. The molecule has 0 bridgehead atoms. The fraction of sp³-hybridized carbons (Fsp3) is 0.200. The summed E-state index contributed by atoms with van der Waals surface area (Å²) in [5.74, 6) is 0. The number of benzene rings is 1. The van der Waals surface area contributed by atoms with Crippen molar-refractivity contribution in [1.82, 2.24) is 5.32 Å². The molecule has 0 spiro atoms. The molecule has 0 amide bonds. The second kappa shape index (κ2) is 12.7. The molecular formula is C10H15KN2O2S2. The molecule has 90 valence electrons. The minimum absolute atomic E-state index is 0. The number of hydrogen-bond acceptors (Lipinski definition) is 2. The first kappa shape index (κ1) is 19.6. The SMILES string of the molecule is NC(O)=S.OC(=S)NCCc1ccccc1.[KH]. The fourth-order valence-electron chi connectivity index (χ4n) is 0.958. The van der Waals surface area contributed by atoms with Gasteiger partial charge in [-0.25, -0.2) is 0 Å². The van der Waals surface area contributed by atoms with Crippen LogP contribution in [0.5, 0.6) is 0 Å². The third-order valence-electron chi connectivity index (χ3n) is 1.53. The van der Waals surface area contributed by atoms with Gasteiger partial charge in [-0.3, -0.25) is 0 Å². The van der Waals surface area contributed by atoms with Crippen molar-refractivity contribution in [3.63, 3.8) is 0 Å². The predicted octanol–water partition coefficient (Wildman–Crippen LogP) is 0.801. The Balaban J connectivity index is 0. The summed E-state index contributed by atoms with van der Waals surface area (Å²) in [5, 5.41) is 18.3. The zero-order valence-corrected chi connectivity index (χ0v) is 10.2. The first-order valence-corrected chi connectivity index (χ1v) is 5.33. The summed E-state index contributed by atoms with van der Waals surface area (Å²) in [7, 11) is 0. The number of rotatable bonds is 3. The maximum atomic E-state index is 8.65. The molecule has 0 heterocycles. The Bertz CT molecular complexity index is 332. The van der Waals surface area contributed by atoms with Crippen LogP contribution < -0.4 is 11.1 Å². The van der Waals surface area contributed by atoms with E-state index >= 15 is 0 Å². The number of aliphatic hydroxyl groups excluding tert-OH is 2. The van der Waals surface area contributed by atoms with E-state index in [1.54, 1.807) is 0 Å². The third kappa shape index (κ3) is 16.2. The van der Waals surface area contributed by atoms with Crippen LogP contribution in [-0.2, 0) is 6.42 Å². The summed E-state index contributed by atoms with van der Waals surface area (Å²) in [6.07, 6.45) is 0.877. The van der Waals surface area contributed by atoms with Gasteiger partial charge >= 0.3 is 51.4 Å². The van der Waals surface area contributed by atoms with E-state index < -0.39 is 5.17 Å². The van der Waals surface area contributed by atoms with Crippen molar-refractivity contribution in [1.29, 1.82) is 0 Å². The van der Waals surface area contributed by atoms with Crippen molar-refractivity contribution >= 4 is 86.2 Å². The van der Waals surface area contributed by atoms with Gasteiger partial charge < -0.3 is 21.3 Å². The standard InChI is InChI=1S/C9H11NOS.CH3NOS.K.H/c11-9(12)10-7-6-8-4-2-1-3-5-8;2-1(3)4;;/h1-5H,6-7H2,(H2,10,11,12);(H3,2,3,4);;. The quantitative estimate of drug-likeness (QED) is 0.488. The zero-order valence-electron chi connectivity index (χ0n) is 8.59. The molecule has 0 saturated carbocycles. The topological polar surface area (TPSA) is 78.5 Å². The molecule has 0 aliphatic carbocycles. The van der Waals surface area contributed by atoms with E-state index in [4.69, 9.17) is 10.2 Å². The van der Waals surface area contributed by atoms with Gasteiger partial charge in [-0.2, -0.15) is 0 Å². The molecule has 0 aliphatic heterocycles. The first-order chi connectivity index (χ1) is 7.52. The van der Waals surface area contributed by atoms with Gasteiger partial charge in [-0.05, 0) is 36.4 Å². The molecule has 0 unspecified atom stereocenters. The Labute approximate surface area is 154 Å². The van der Waals surface area contributed by atoms with E-state index in [0.29, 0.717) is 6.54 Å². The van der Waals surface area contributed by atoms with Gasteiger partial charge in [0.05, 0.1) is 0 Å². The minimum atomic E-state index is -0.500. The number of hydrogen-bond donors (Lipinski definition) is 4. The summed E-state index contributed by atoms with van der Waals surface area (Å²) in [6.45, 7) is 0.680. The first-order valence-electron chi connectivity index (χ1n) is 4.51. The molecule has 5 N–H and O–H groups in total. The van der Waals surface area contributed by atoms with Crippen LogP contribution in [0, 0.1) is 0 Å². The van der Waals surface area contributed by atoms with E-state index in [-0.39, 0.29) is 56.6 Å². The Morgan fingerprint density at radius 2 is 1.65 bits per heavy atom. The van der Waals surface area contributed by atoms with Gasteiger partial charge in [0.15, 0.2) is 0 Å². The molecule has 1 aromatic carbocycles. The Morgan fingerprint density at radius 3 is 2.06 bits per heavy atom. The molecule has 0 radical (unpaired) electrons. The van der Waals surface area contributed by atoms with Gasteiger partial charge in [-0.1, -0.05) is 30.3 Å². The summed E-state index contributed by atoms with van der Waals surface area (Å²) in [6, 6.07) is 10.1. The zero-order chi connectivity index (χ0) is 12.4. The average molecular weight is 298 g/mol. The van der Waals surface area contributed by atoms with E-state index in [0.717, 1.165) is 6.42 Å². The molecule has 4 nitrogen and oxygen atoms in total. The molecule has 0 aliphatic rings. The molecule has 1 rings (SSSR count). The van der Waals surface area contributed by atoms with Crippen molar-refractivity contribution < 1.29 is 10.2 Å². The van der Waals surface area contributed by atoms with Crippen molar-refractivity contribution in [2.75, 3.05) is 6.54 Å². The van der Waals surface area contributed by atoms with Crippen molar-refractivity contribution in [3.8, 4) is 0 Å². The van der Waals surface area contributed by atoms with Crippen LogP contribution in [-0.4, -0.2) is 78.5 Å². The van der Waals surface area contributed by atoms with Crippen LogP contribution in [0.3, 0.4) is 0 Å². The molecule has 17 heavy (non-hydrogen) atoms. The molecule has 0 atom stereocenters. The normalized spacial score (nSPS) is 8.00.